The number of aryl methyl sites for hydroxylation is 1. The normalized spacial score (nSPS) is 10.4. The fourth-order valence-electron chi connectivity index (χ4n) is 1.98. The fourth-order valence-corrected chi connectivity index (χ4v) is 1.98. The highest BCUT2D eigenvalue weighted by molar-refractivity contribution is 5.96. The lowest BCUT2D eigenvalue weighted by molar-refractivity contribution is -0.139. The Morgan fingerprint density at radius 3 is 2.37 bits per heavy atom. The van der Waals surface area contributed by atoms with Gasteiger partial charge in [-0.3, -0.25) is 9.59 Å². The summed E-state index contributed by atoms with van der Waals surface area (Å²) in [6.45, 7) is 1.30. The summed E-state index contributed by atoms with van der Waals surface area (Å²) in [7, 11) is 0. The van der Waals surface area contributed by atoms with Gasteiger partial charge in [0.25, 0.3) is 11.8 Å². The number of hydrogen-bond acceptors (Lipinski definition) is 5. The van der Waals surface area contributed by atoms with Crippen molar-refractivity contribution in [2.75, 3.05) is 13.2 Å². The van der Waals surface area contributed by atoms with E-state index in [0.29, 0.717) is 16.9 Å². The van der Waals surface area contributed by atoms with E-state index in [9.17, 15) is 14.4 Å². The van der Waals surface area contributed by atoms with E-state index in [0.717, 1.165) is 5.56 Å². The van der Waals surface area contributed by atoms with Crippen LogP contribution in [0.3, 0.4) is 0 Å². The number of hydrazone groups is 1. The van der Waals surface area contributed by atoms with Gasteiger partial charge < -0.3 is 15.2 Å². The van der Waals surface area contributed by atoms with E-state index in [1.807, 2.05) is 19.1 Å². The summed E-state index contributed by atoms with van der Waals surface area (Å²) in [5.74, 6) is -1.45. The number of hydrogen-bond donors (Lipinski definition) is 3. The average Bonchev–Trinajstić information content (AvgIpc) is 2.66. The van der Waals surface area contributed by atoms with Crippen LogP contribution in [0.4, 0.5) is 0 Å². The number of aliphatic carboxylic acids is 1. The Bertz CT molecular complexity index is 829. The van der Waals surface area contributed by atoms with Crippen molar-refractivity contribution in [1.29, 1.82) is 0 Å². The lowest BCUT2D eigenvalue weighted by Crippen LogP contribution is -2.34. The molecule has 0 aliphatic rings. The summed E-state index contributed by atoms with van der Waals surface area (Å²) in [5, 5.41) is 14.8. The maximum atomic E-state index is 11.9. The first kappa shape index (κ1) is 19.6. The van der Waals surface area contributed by atoms with Crippen LogP contribution in [0.15, 0.2) is 53.6 Å². The molecular formula is C19H19N3O5. The molecular weight excluding hydrogens is 350 g/mol. The summed E-state index contributed by atoms with van der Waals surface area (Å²) in [6.07, 6.45) is 1.42. The molecule has 0 bridgehead atoms. The molecule has 2 rings (SSSR count). The molecule has 0 saturated heterocycles. The van der Waals surface area contributed by atoms with E-state index >= 15 is 0 Å². The second-order valence-electron chi connectivity index (χ2n) is 5.59. The third kappa shape index (κ3) is 6.99. The predicted octanol–water partition coefficient (Wildman–Crippen LogP) is 1.34. The quantitative estimate of drug-likeness (QED) is 0.479. The molecule has 0 spiro atoms. The number of ether oxygens (including phenoxy) is 1. The largest absolute Gasteiger partial charge is 0.482 e. The molecule has 2 aromatic carbocycles. The van der Waals surface area contributed by atoms with Crippen LogP contribution in [0, 0.1) is 6.92 Å². The van der Waals surface area contributed by atoms with Crippen LogP contribution in [0.25, 0.3) is 0 Å². The summed E-state index contributed by atoms with van der Waals surface area (Å²) in [4.78, 5) is 34.0. The minimum Gasteiger partial charge on any atom is -0.482 e. The first-order chi connectivity index (χ1) is 12.9. The number of carbonyl (C=O) groups is 3. The first-order valence-electron chi connectivity index (χ1n) is 8.05. The summed E-state index contributed by atoms with van der Waals surface area (Å²) < 4.78 is 5.01. The highest BCUT2D eigenvalue weighted by Crippen LogP contribution is 2.10. The van der Waals surface area contributed by atoms with Crippen LogP contribution in [0.5, 0.6) is 5.75 Å². The van der Waals surface area contributed by atoms with Gasteiger partial charge in [-0.15, -0.1) is 0 Å². The zero-order chi connectivity index (χ0) is 19.6. The molecule has 27 heavy (non-hydrogen) atoms. The monoisotopic (exact) mass is 369 g/mol. The molecule has 3 N–H and O–H groups in total. The second kappa shape index (κ2) is 9.71. The van der Waals surface area contributed by atoms with Gasteiger partial charge in [0.05, 0.1) is 12.8 Å². The van der Waals surface area contributed by atoms with E-state index in [2.05, 4.69) is 15.8 Å². The number of carboxylic acid groups (broad SMARTS) is 1. The van der Waals surface area contributed by atoms with Crippen molar-refractivity contribution in [2.24, 2.45) is 5.10 Å². The first-order valence-corrected chi connectivity index (χ1v) is 8.05. The van der Waals surface area contributed by atoms with Crippen molar-refractivity contribution in [3.63, 3.8) is 0 Å². The zero-order valence-electron chi connectivity index (χ0n) is 14.6. The number of benzene rings is 2. The highest BCUT2D eigenvalue weighted by atomic mass is 16.5. The number of nitrogens with one attached hydrogen (secondary N) is 2. The van der Waals surface area contributed by atoms with Crippen molar-refractivity contribution in [2.45, 2.75) is 6.92 Å². The Balaban J connectivity index is 1.75. The lowest BCUT2D eigenvalue weighted by atomic mass is 10.1. The van der Waals surface area contributed by atoms with Crippen LogP contribution >= 0.6 is 0 Å². The molecule has 0 aliphatic heterocycles. The third-order valence-electron chi connectivity index (χ3n) is 3.37. The fraction of sp³-hybridized carbons (Fsp3) is 0.158. The molecule has 0 radical (unpaired) electrons. The van der Waals surface area contributed by atoms with Crippen molar-refractivity contribution >= 4 is 24.0 Å². The molecule has 8 nitrogen and oxygen atoms in total. The molecule has 0 unspecified atom stereocenters. The summed E-state index contributed by atoms with van der Waals surface area (Å²) in [5.41, 5.74) is 4.51. The van der Waals surface area contributed by atoms with E-state index < -0.39 is 18.5 Å². The Morgan fingerprint density at radius 1 is 1.07 bits per heavy atom. The average molecular weight is 369 g/mol. The van der Waals surface area contributed by atoms with Crippen molar-refractivity contribution in [1.82, 2.24) is 10.7 Å². The molecule has 0 heterocycles. The van der Waals surface area contributed by atoms with Crippen LogP contribution < -0.4 is 15.5 Å². The van der Waals surface area contributed by atoms with Gasteiger partial charge >= 0.3 is 5.97 Å². The minimum absolute atomic E-state index is 0.202. The maximum Gasteiger partial charge on any atom is 0.341 e. The number of carbonyl (C=O) groups excluding carboxylic acids is 2. The Kier molecular flexibility index (Phi) is 7.07. The molecule has 2 amide bonds. The van der Waals surface area contributed by atoms with Gasteiger partial charge in [-0.25, -0.2) is 10.2 Å². The molecule has 0 fully saturated rings. The van der Waals surface area contributed by atoms with Gasteiger partial charge in [0.1, 0.15) is 5.75 Å². The summed E-state index contributed by atoms with van der Waals surface area (Å²) in [6, 6.07) is 13.5. The standard InChI is InChI=1S/C19H19N3O5/c1-13-2-6-15(7-3-13)19(26)20-11-17(23)22-21-10-14-4-8-16(9-5-14)27-12-18(24)25/h2-10H,11-12H2,1H3,(H,20,26)(H,22,23)(H,24,25). The maximum absolute atomic E-state index is 11.9. The Labute approximate surface area is 155 Å². The van der Waals surface area contributed by atoms with Crippen molar-refractivity contribution in [3.05, 3.63) is 65.2 Å². The zero-order valence-corrected chi connectivity index (χ0v) is 14.6. The van der Waals surface area contributed by atoms with Crippen LogP contribution in [-0.2, 0) is 9.59 Å². The smallest absolute Gasteiger partial charge is 0.341 e. The van der Waals surface area contributed by atoms with Gasteiger partial charge in [-0.05, 0) is 48.9 Å². The molecule has 0 aromatic heterocycles. The Hall–Kier alpha value is -3.68. The highest BCUT2D eigenvalue weighted by Gasteiger charge is 2.07. The van der Waals surface area contributed by atoms with E-state index in [4.69, 9.17) is 9.84 Å². The molecule has 140 valence electrons. The number of nitrogens with zero attached hydrogens (tertiary/aromatic N) is 1. The van der Waals surface area contributed by atoms with Gasteiger partial charge in [0.2, 0.25) is 0 Å². The van der Waals surface area contributed by atoms with Crippen LogP contribution in [0.1, 0.15) is 21.5 Å². The van der Waals surface area contributed by atoms with Gasteiger partial charge in [-0.2, -0.15) is 5.10 Å². The molecule has 8 heteroatoms. The van der Waals surface area contributed by atoms with Crippen LogP contribution in [-0.4, -0.2) is 42.3 Å². The SMILES string of the molecule is Cc1ccc(C(=O)NCC(=O)NN=Cc2ccc(OCC(=O)O)cc2)cc1. The van der Waals surface area contributed by atoms with Gasteiger partial charge in [0, 0.05) is 5.56 Å². The van der Waals surface area contributed by atoms with E-state index in [1.165, 1.54) is 6.21 Å². The lowest BCUT2D eigenvalue weighted by Gasteiger charge is -2.05. The number of amides is 2. The predicted molar refractivity (Wildman–Crippen MR) is 98.8 cm³/mol. The van der Waals surface area contributed by atoms with Crippen molar-refractivity contribution < 1.29 is 24.2 Å². The molecule has 2 aromatic rings. The van der Waals surface area contributed by atoms with E-state index in [1.54, 1.807) is 36.4 Å². The Morgan fingerprint density at radius 2 is 1.74 bits per heavy atom. The third-order valence-corrected chi connectivity index (χ3v) is 3.37. The minimum atomic E-state index is -1.06. The van der Waals surface area contributed by atoms with E-state index in [-0.39, 0.29) is 12.5 Å². The topological polar surface area (TPSA) is 117 Å². The summed E-state index contributed by atoms with van der Waals surface area (Å²) >= 11 is 0. The molecule has 0 atom stereocenters. The second-order valence-corrected chi connectivity index (χ2v) is 5.59. The number of rotatable bonds is 8. The number of carboxylic acids is 1. The van der Waals surface area contributed by atoms with Crippen LogP contribution in [0.2, 0.25) is 0 Å². The molecule has 0 saturated carbocycles. The van der Waals surface area contributed by atoms with Crippen molar-refractivity contribution in [3.8, 4) is 5.75 Å². The van der Waals surface area contributed by atoms with Gasteiger partial charge in [0.15, 0.2) is 6.61 Å². The molecule has 0 aliphatic carbocycles. The van der Waals surface area contributed by atoms with Gasteiger partial charge in [-0.1, -0.05) is 17.7 Å².